The van der Waals surface area contributed by atoms with E-state index in [1.807, 2.05) is 19.1 Å². The van der Waals surface area contributed by atoms with Crippen molar-refractivity contribution in [3.8, 4) is 17.2 Å². The number of phenolic OH excluding ortho intramolecular Hbond substituents is 2. The zero-order chi connectivity index (χ0) is 43.3. The Morgan fingerprint density at radius 1 is 0.638 bits per heavy atom. The number of nitrogens with one attached hydrogen (secondary N) is 1. The number of methoxy groups -OCH3 is 2. The Bertz CT molecular complexity index is 1820. The van der Waals surface area contributed by atoms with Crippen LogP contribution in [0.2, 0.25) is 0 Å². The van der Waals surface area contributed by atoms with Crippen LogP contribution in [0.25, 0.3) is 0 Å². The number of ether oxygens (including phenoxy) is 3. The van der Waals surface area contributed by atoms with Gasteiger partial charge in [-0.3, -0.25) is 24.1 Å². The van der Waals surface area contributed by atoms with Gasteiger partial charge in [-0.05, 0) is 85.9 Å². The summed E-state index contributed by atoms with van der Waals surface area (Å²) >= 11 is 0. The molecule has 3 amide bonds. The number of amides is 3. The maximum Gasteiger partial charge on any atom is 0.328 e. The second kappa shape index (κ2) is 21.8. The normalized spacial score (nSPS) is 14.3. The Morgan fingerprint density at radius 3 is 1.52 bits per heavy atom. The highest BCUT2D eigenvalue weighted by atomic mass is 16.6. The topological polar surface area (TPSA) is 175 Å². The highest BCUT2D eigenvalue weighted by Crippen LogP contribution is 2.22. The summed E-state index contributed by atoms with van der Waals surface area (Å²) in [5, 5.41) is 22.6. The van der Waals surface area contributed by atoms with Crippen molar-refractivity contribution in [1.82, 2.24) is 20.0 Å². The first-order valence-corrected chi connectivity index (χ1v) is 19.4. The number of hydrogen-bond acceptors (Lipinski definition) is 11. The third-order valence-corrected chi connectivity index (χ3v) is 10.5. The molecule has 0 radical (unpaired) electrons. The molecule has 0 aliphatic rings. The Kier molecular flexibility index (Phi) is 17.5. The Labute approximate surface area is 342 Å². The van der Waals surface area contributed by atoms with Crippen molar-refractivity contribution in [1.29, 1.82) is 0 Å². The van der Waals surface area contributed by atoms with E-state index in [0.29, 0.717) is 29.7 Å². The van der Waals surface area contributed by atoms with Gasteiger partial charge in [-0.25, -0.2) is 4.79 Å². The summed E-state index contributed by atoms with van der Waals surface area (Å²) in [5.74, 6) is -3.22. The van der Waals surface area contributed by atoms with Crippen LogP contribution in [0.5, 0.6) is 17.2 Å². The van der Waals surface area contributed by atoms with Gasteiger partial charge in [0.15, 0.2) is 6.10 Å². The van der Waals surface area contributed by atoms with Gasteiger partial charge in [0.2, 0.25) is 11.8 Å². The van der Waals surface area contributed by atoms with Crippen LogP contribution < -0.4 is 10.1 Å². The number of hydrogen-bond donors (Lipinski definition) is 3. The molecule has 0 aliphatic carbocycles. The first-order chi connectivity index (χ1) is 27.4. The Balaban J connectivity index is 1.92. The van der Waals surface area contributed by atoms with Gasteiger partial charge in [0.25, 0.3) is 5.91 Å². The smallest absolute Gasteiger partial charge is 0.328 e. The third kappa shape index (κ3) is 12.7. The molecule has 14 nitrogen and oxygen atoms in total. The molecule has 0 spiro atoms. The fraction of sp³-hybridized carbons (Fsp3) is 0.477. The summed E-state index contributed by atoms with van der Waals surface area (Å²) in [6.07, 6.45) is -0.341. The van der Waals surface area contributed by atoms with E-state index in [0.717, 1.165) is 5.56 Å². The molecule has 0 fully saturated rings. The molecular weight excluding hydrogens is 745 g/mol. The molecule has 316 valence electrons. The van der Waals surface area contributed by atoms with Crippen LogP contribution in [0.4, 0.5) is 0 Å². The van der Waals surface area contributed by atoms with Crippen molar-refractivity contribution < 1.29 is 48.4 Å². The van der Waals surface area contributed by atoms with Gasteiger partial charge < -0.3 is 39.5 Å². The van der Waals surface area contributed by atoms with E-state index in [2.05, 4.69) is 5.32 Å². The summed E-state index contributed by atoms with van der Waals surface area (Å²) in [5.41, 5.74) is 2.15. The van der Waals surface area contributed by atoms with E-state index in [4.69, 9.17) is 14.2 Å². The summed E-state index contributed by atoms with van der Waals surface area (Å²) < 4.78 is 16.3. The second-order valence-corrected chi connectivity index (χ2v) is 15.2. The summed E-state index contributed by atoms with van der Waals surface area (Å²) in [6, 6.07) is 15.6. The Hall–Kier alpha value is -5.63. The van der Waals surface area contributed by atoms with Crippen molar-refractivity contribution in [2.75, 3.05) is 42.4 Å². The number of likely N-dealkylation sites (N-methyl/N-ethyl adjacent to an activating group) is 3. The van der Waals surface area contributed by atoms with Gasteiger partial charge in [-0.1, -0.05) is 64.1 Å². The molecule has 0 aromatic heterocycles. The number of rotatable bonds is 20. The summed E-state index contributed by atoms with van der Waals surface area (Å²) in [4.78, 5) is 74.2. The number of esters is 2. The van der Waals surface area contributed by atoms with Crippen LogP contribution in [-0.4, -0.2) is 127 Å². The molecule has 0 aliphatic heterocycles. The molecule has 6 atom stereocenters. The molecule has 0 unspecified atom stereocenters. The summed E-state index contributed by atoms with van der Waals surface area (Å²) in [7, 11) is 9.21. The van der Waals surface area contributed by atoms with Crippen molar-refractivity contribution in [3.63, 3.8) is 0 Å². The van der Waals surface area contributed by atoms with Crippen LogP contribution >= 0.6 is 0 Å². The fourth-order valence-corrected chi connectivity index (χ4v) is 6.43. The molecule has 3 N–H and O–H groups in total. The van der Waals surface area contributed by atoms with Gasteiger partial charge >= 0.3 is 11.9 Å². The number of phenols is 2. The molecule has 0 heterocycles. The second-order valence-electron chi connectivity index (χ2n) is 15.2. The predicted octanol–water partition coefficient (Wildman–Crippen LogP) is 3.99. The number of benzene rings is 3. The van der Waals surface area contributed by atoms with Gasteiger partial charge in [0.1, 0.15) is 41.4 Å². The SMILES string of the molecule is CC[C@@H](C)[C@@H](OC(=O)[C@H](Cc1ccc(OC)cc1)N(C)C)C(=O)N[C@H](C(=O)N(C)[C@@H](Cc1ccc(O)cc1)C(=O)N(C)[C@H](Cc1ccc(O)cc1)C(=O)OC)C(C)C. The molecule has 3 rings (SSSR count). The zero-order valence-electron chi connectivity index (χ0n) is 35.3. The van der Waals surface area contributed by atoms with E-state index in [1.165, 1.54) is 55.3 Å². The van der Waals surface area contributed by atoms with Crippen LogP contribution in [0.3, 0.4) is 0 Å². The molecular formula is C44H60N4O10. The zero-order valence-corrected chi connectivity index (χ0v) is 35.3. The molecule has 14 heteroatoms. The molecule has 3 aromatic carbocycles. The van der Waals surface area contributed by atoms with E-state index in [1.54, 1.807) is 83.3 Å². The lowest BCUT2D eigenvalue weighted by atomic mass is 9.96. The van der Waals surface area contributed by atoms with E-state index >= 15 is 0 Å². The van der Waals surface area contributed by atoms with Crippen LogP contribution in [0.1, 0.15) is 50.8 Å². The van der Waals surface area contributed by atoms with Crippen molar-refractivity contribution in [3.05, 3.63) is 89.5 Å². The quantitative estimate of drug-likeness (QED) is 0.141. The molecule has 58 heavy (non-hydrogen) atoms. The lowest BCUT2D eigenvalue weighted by Crippen LogP contribution is -2.59. The molecule has 0 bridgehead atoms. The predicted molar refractivity (Wildman–Crippen MR) is 219 cm³/mol. The lowest BCUT2D eigenvalue weighted by Gasteiger charge is -2.36. The van der Waals surface area contributed by atoms with Gasteiger partial charge in [-0.15, -0.1) is 0 Å². The van der Waals surface area contributed by atoms with Crippen molar-refractivity contribution in [2.45, 2.75) is 83.6 Å². The van der Waals surface area contributed by atoms with Gasteiger partial charge in [0, 0.05) is 32.9 Å². The summed E-state index contributed by atoms with van der Waals surface area (Å²) in [6.45, 7) is 7.18. The highest BCUT2D eigenvalue weighted by Gasteiger charge is 2.40. The van der Waals surface area contributed by atoms with E-state index < -0.39 is 71.8 Å². The monoisotopic (exact) mass is 804 g/mol. The standard InChI is InChI=1S/C44H60N4O10/c1-11-28(4)39(58-44(55)36(46(5)6)25-31-16-22-34(56-9)23-17-31)40(51)45-38(27(2)3)42(53)47(7)35(24-29-12-18-32(49)19-13-29)41(52)48(8)37(43(54)57-10)26-30-14-20-33(50)21-15-30/h12-23,27-28,35-39,49-50H,11,24-26H2,1-10H3,(H,45,51)/t28-,35+,36+,37-,38+,39-/m1/s1. The molecule has 3 aromatic rings. The first kappa shape index (κ1) is 46.8. The number of carbonyl (C=O) groups excluding carboxylic acids is 5. The Morgan fingerprint density at radius 2 is 1.09 bits per heavy atom. The number of nitrogens with zero attached hydrogens (tertiary/aromatic N) is 3. The molecule has 0 saturated carbocycles. The van der Waals surface area contributed by atoms with Crippen LogP contribution in [0, 0.1) is 11.8 Å². The minimum atomic E-state index is -1.23. The van der Waals surface area contributed by atoms with Crippen LogP contribution in [-0.2, 0) is 52.7 Å². The number of aromatic hydroxyl groups is 2. The average molecular weight is 805 g/mol. The largest absolute Gasteiger partial charge is 0.508 e. The average Bonchev–Trinajstić information content (AvgIpc) is 3.21. The fourth-order valence-electron chi connectivity index (χ4n) is 6.43. The van der Waals surface area contributed by atoms with Crippen molar-refractivity contribution in [2.24, 2.45) is 11.8 Å². The molecule has 0 saturated heterocycles. The number of carbonyl (C=O) groups is 5. The van der Waals surface area contributed by atoms with Gasteiger partial charge in [0.05, 0.1) is 14.2 Å². The highest BCUT2D eigenvalue weighted by molar-refractivity contribution is 5.95. The van der Waals surface area contributed by atoms with Gasteiger partial charge in [-0.2, -0.15) is 0 Å². The van der Waals surface area contributed by atoms with Crippen molar-refractivity contribution >= 4 is 29.7 Å². The first-order valence-electron chi connectivity index (χ1n) is 19.4. The third-order valence-electron chi connectivity index (χ3n) is 10.5. The minimum absolute atomic E-state index is 0.00475. The maximum absolute atomic E-state index is 14.5. The maximum atomic E-state index is 14.5. The minimum Gasteiger partial charge on any atom is -0.508 e. The lowest BCUT2D eigenvalue weighted by molar-refractivity contribution is -0.164. The van der Waals surface area contributed by atoms with E-state index in [9.17, 15) is 34.2 Å². The van der Waals surface area contributed by atoms with Crippen LogP contribution in [0.15, 0.2) is 72.8 Å². The van der Waals surface area contributed by atoms with E-state index in [-0.39, 0.29) is 24.3 Å².